The summed E-state index contributed by atoms with van der Waals surface area (Å²) in [6.45, 7) is 1.02. The molecule has 0 aromatic heterocycles. The number of halogens is 1. The van der Waals surface area contributed by atoms with Crippen LogP contribution in [0.15, 0.2) is 42.5 Å². The number of hydrogen-bond donors (Lipinski definition) is 1. The van der Waals surface area contributed by atoms with Gasteiger partial charge < -0.3 is 10.1 Å². The first-order chi connectivity index (χ1) is 10.7. The molecule has 1 aliphatic heterocycles. The van der Waals surface area contributed by atoms with Crippen molar-refractivity contribution in [2.24, 2.45) is 0 Å². The molecule has 4 rings (SSSR count). The second kappa shape index (κ2) is 5.29. The van der Waals surface area contributed by atoms with Crippen molar-refractivity contribution in [3.63, 3.8) is 0 Å². The van der Waals surface area contributed by atoms with Gasteiger partial charge in [0.05, 0.1) is 7.11 Å². The summed E-state index contributed by atoms with van der Waals surface area (Å²) in [6.07, 6.45) is 3.45. The molecule has 1 fully saturated rings. The summed E-state index contributed by atoms with van der Waals surface area (Å²) < 4.78 is 5.44. The molecule has 1 saturated carbocycles. The molecule has 2 aromatic rings. The average molecular weight is 314 g/mol. The Morgan fingerprint density at radius 1 is 1.18 bits per heavy atom. The zero-order chi connectivity index (χ0) is 15.2. The van der Waals surface area contributed by atoms with Crippen molar-refractivity contribution in [3.05, 3.63) is 64.2 Å². The van der Waals surface area contributed by atoms with Crippen LogP contribution in [0.2, 0.25) is 5.02 Å². The second-order valence-electron chi connectivity index (χ2n) is 6.34. The molecule has 1 atom stereocenters. The maximum Gasteiger partial charge on any atom is 0.119 e. The smallest absolute Gasteiger partial charge is 0.119 e. The van der Waals surface area contributed by atoms with E-state index in [2.05, 4.69) is 35.6 Å². The van der Waals surface area contributed by atoms with Gasteiger partial charge in [-0.05, 0) is 60.7 Å². The minimum atomic E-state index is 0.139. The van der Waals surface area contributed by atoms with Gasteiger partial charge in [0.15, 0.2) is 0 Å². The zero-order valence-electron chi connectivity index (χ0n) is 12.7. The van der Waals surface area contributed by atoms with Crippen molar-refractivity contribution >= 4 is 11.6 Å². The lowest BCUT2D eigenvalue weighted by Crippen LogP contribution is -2.37. The van der Waals surface area contributed by atoms with Crippen LogP contribution in [0.25, 0.3) is 0 Å². The first kappa shape index (κ1) is 14.1. The molecular weight excluding hydrogens is 294 g/mol. The normalized spacial score (nSPS) is 22.0. The number of hydrogen-bond acceptors (Lipinski definition) is 2. The van der Waals surface area contributed by atoms with Crippen LogP contribution in [0.5, 0.6) is 5.75 Å². The Labute approximate surface area is 136 Å². The molecule has 2 nitrogen and oxygen atoms in total. The summed E-state index contributed by atoms with van der Waals surface area (Å²) in [5, 5.41) is 4.63. The van der Waals surface area contributed by atoms with E-state index in [1.807, 2.05) is 12.1 Å². The van der Waals surface area contributed by atoms with Crippen molar-refractivity contribution in [1.29, 1.82) is 0 Å². The van der Waals surface area contributed by atoms with Crippen molar-refractivity contribution in [1.82, 2.24) is 5.32 Å². The maximum atomic E-state index is 6.50. The van der Waals surface area contributed by atoms with Crippen LogP contribution in [-0.2, 0) is 11.8 Å². The van der Waals surface area contributed by atoms with Gasteiger partial charge in [-0.25, -0.2) is 0 Å². The number of rotatable bonds is 3. The van der Waals surface area contributed by atoms with E-state index < -0.39 is 0 Å². The molecule has 0 spiro atoms. The van der Waals surface area contributed by atoms with Gasteiger partial charge in [-0.1, -0.05) is 35.9 Å². The minimum absolute atomic E-state index is 0.139. The molecule has 0 saturated heterocycles. The molecule has 0 amide bonds. The predicted molar refractivity (Wildman–Crippen MR) is 89.8 cm³/mol. The van der Waals surface area contributed by atoms with Gasteiger partial charge in [-0.2, -0.15) is 0 Å². The lowest BCUT2D eigenvalue weighted by Gasteiger charge is -2.35. The molecule has 1 heterocycles. The van der Waals surface area contributed by atoms with E-state index in [1.165, 1.54) is 29.5 Å². The van der Waals surface area contributed by atoms with Crippen LogP contribution in [0, 0.1) is 0 Å². The van der Waals surface area contributed by atoms with Crippen LogP contribution >= 0.6 is 11.6 Å². The molecule has 1 unspecified atom stereocenters. The molecular formula is C19H20ClNO. The fourth-order valence-corrected chi connectivity index (χ4v) is 4.19. The SMILES string of the molecule is COc1ccc2c(c1)C(C1(c3ccccc3Cl)CC1)NCC2. The third-order valence-electron chi connectivity index (χ3n) is 5.16. The quantitative estimate of drug-likeness (QED) is 0.914. The summed E-state index contributed by atoms with van der Waals surface area (Å²) >= 11 is 6.50. The second-order valence-corrected chi connectivity index (χ2v) is 6.75. The first-order valence-electron chi connectivity index (χ1n) is 7.90. The Kier molecular flexibility index (Phi) is 3.39. The number of ether oxygens (including phenoxy) is 1. The van der Waals surface area contributed by atoms with E-state index in [1.54, 1.807) is 7.11 Å². The first-order valence-corrected chi connectivity index (χ1v) is 8.27. The lowest BCUT2D eigenvalue weighted by atomic mass is 9.80. The molecule has 0 bridgehead atoms. The van der Waals surface area contributed by atoms with E-state index in [4.69, 9.17) is 16.3 Å². The number of benzene rings is 2. The van der Waals surface area contributed by atoms with Gasteiger partial charge in [0.1, 0.15) is 5.75 Å². The molecule has 114 valence electrons. The summed E-state index contributed by atoms with van der Waals surface area (Å²) in [6, 6.07) is 15.1. The highest BCUT2D eigenvalue weighted by molar-refractivity contribution is 6.31. The topological polar surface area (TPSA) is 21.3 Å². The fraction of sp³-hybridized carbons (Fsp3) is 0.368. The Bertz CT molecular complexity index is 708. The third kappa shape index (κ3) is 2.13. The van der Waals surface area contributed by atoms with Crippen molar-refractivity contribution < 1.29 is 4.74 Å². The zero-order valence-corrected chi connectivity index (χ0v) is 13.5. The molecule has 22 heavy (non-hydrogen) atoms. The van der Waals surface area contributed by atoms with Crippen LogP contribution in [0.1, 0.15) is 35.6 Å². The van der Waals surface area contributed by atoms with Crippen molar-refractivity contribution in [2.75, 3.05) is 13.7 Å². The summed E-state index contributed by atoms with van der Waals surface area (Å²) in [5.41, 5.74) is 4.23. The fourth-order valence-electron chi connectivity index (χ4n) is 3.86. The Morgan fingerprint density at radius 2 is 2.00 bits per heavy atom. The average Bonchev–Trinajstić information content (AvgIpc) is 3.35. The van der Waals surface area contributed by atoms with Crippen molar-refractivity contribution in [3.8, 4) is 5.75 Å². The van der Waals surface area contributed by atoms with Crippen LogP contribution < -0.4 is 10.1 Å². The van der Waals surface area contributed by atoms with Crippen LogP contribution in [-0.4, -0.2) is 13.7 Å². The number of methoxy groups -OCH3 is 1. The Hall–Kier alpha value is -1.51. The van der Waals surface area contributed by atoms with Gasteiger partial charge in [0.25, 0.3) is 0 Å². The highest BCUT2D eigenvalue weighted by Crippen LogP contribution is 2.59. The molecule has 0 radical (unpaired) electrons. The highest BCUT2D eigenvalue weighted by Gasteiger charge is 2.53. The highest BCUT2D eigenvalue weighted by atomic mass is 35.5. The Balaban J connectivity index is 1.80. The summed E-state index contributed by atoms with van der Waals surface area (Å²) in [4.78, 5) is 0. The maximum absolute atomic E-state index is 6.50. The van der Waals surface area contributed by atoms with E-state index in [0.717, 1.165) is 23.7 Å². The lowest BCUT2D eigenvalue weighted by molar-refractivity contribution is 0.395. The summed E-state index contributed by atoms with van der Waals surface area (Å²) in [7, 11) is 1.73. The van der Waals surface area contributed by atoms with Crippen LogP contribution in [0.4, 0.5) is 0 Å². The van der Waals surface area contributed by atoms with Crippen LogP contribution in [0.3, 0.4) is 0 Å². The third-order valence-corrected chi connectivity index (χ3v) is 5.49. The number of nitrogens with one attached hydrogen (secondary N) is 1. The Morgan fingerprint density at radius 3 is 2.73 bits per heavy atom. The van der Waals surface area contributed by atoms with Gasteiger partial charge in [-0.15, -0.1) is 0 Å². The van der Waals surface area contributed by atoms with E-state index in [9.17, 15) is 0 Å². The van der Waals surface area contributed by atoms with Gasteiger partial charge in [0, 0.05) is 16.5 Å². The molecule has 3 heteroatoms. The van der Waals surface area contributed by atoms with Gasteiger partial charge in [-0.3, -0.25) is 0 Å². The van der Waals surface area contributed by atoms with Crippen molar-refractivity contribution in [2.45, 2.75) is 30.7 Å². The van der Waals surface area contributed by atoms with E-state index in [0.29, 0.717) is 6.04 Å². The van der Waals surface area contributed by atoms with E-state index >= 15 is 0 Å². The minimum Gasteiger partial charge on any atom is -0.497 e. The molecule has 1 aliphatic carbocycles. The molecule has 2 aromatic carbocycles. The summed E-state index contributed by atoms with van der Waals surface area (Å²) in [5.74, 6) is 0.933. The molecule has 2 aliphatic rings. The standard InChI is InChI=1S/C19H20ClNO/c1-22-14-7-6-13-8-11-21-18(15(13)12-14)19(9-10-19)16-4-2-3-5-17(16)20/h2-7,12,18,21H,8-11H2,1H3. The van der Waals surface area contributed by atoms with E-state index in [-0.39, 0.29) is 5.41 Å². The largest absolute Gasteiger partial charge is 0.497 e. The molecule has 1 N–H and O–H groups in total. The monoisotopic (exact) mass is 313 g/mol. The van der Waals surface area contributed by atoms with Gasteiger partial charge >= 0.3 is 0 Å². The predicted octanol–water partition coefficient (Wildman–Crippen LogP) is 4.27. The number of fused-ring (bicyclic) bond motifs is 1. The van der Waals surface area contributed by atoms with Gasteiger partial charge in [0.2, 0.25) is 0 Å².